The maximum Gasteiger partial charge on any atom is 0.255 e. The second-order valence-electron chi connectivity index (χ2n) is 7.10. The number of nitrogens with zero attached hydrogens (tertiary/aromatic N) is 4. The summed E-state index contributed by atoms with van der Waals surface area (Å²) >= 11 is 0. The molecular formula is C16H22N6O. The van der Waals surface area contributed by atoms with E-state index < -0.39 is 0 Å². The third kappa shape index (κ3) is 2.18. The highest BCUT2D eigenvalue weighted by molar-refractivity contribution is 5.96. The SMILES string of the molecule is Cc1nc(C2CN(C)CC23CN(C(=O)c2c[nH]cc2C)C3)n[nH]1. The Kier molecular flexibility index (Phi) is 3.09. The minimum atomic E-state index is 0.0866. The Morgan fingerprint density at radius 2 is 2.09 bits per heavy atom. The van der Waals surface area contributed by atoms with E-state index in [-0.39, 0.29) is 17.2 Å². The number of rotatable bonds is 2. The van der Waals surface area contributed by atoms with Crippen molar-refractivity contribution in [2.24, 2.45) is 5.41 Å². The molecule has 4 heterocycles. The van der Waals surface area contributed by atoms with Gasteiger partial charge in [0, 0.05) is 49.9 Å². The van der Waals surface area contributed by atoms with E-state index >= 15 is 0 Å². The monoisotopic (exact) mass is 314 g/mol. The second-order valence-corrected chi connectivity index (χ2v) is 7.10. The minimum absolute atomic E-state index is 0.0866. The largest absolute Gasteiger partial charge is 0.367 e. The first kappa shape index (κ1) is 14.4. The van der Waals surface area contributed by atoms with Crippen molar-refractivity contribution in [3.8, 4) is 0 Å². The van der Waals surface area contributed by atoms with Gasteiger partial charge in [-0.2, -0.15) is 5.10 Å². The molecule has 2 aromatic rings. The summed E-state index contributed by atoms with van der Waals surface area (Å²) in [7, 11) is 2.13. The molecule has 4 rings (SSSR count). The van der Waals surface area contributed by atoms with Crippen LogP contribution in [0.1, 0.15) is 33.5 Å². The Morgan fingerprint density at radius 3 is 2.70 bits per heavy atom. The molecule has 0 bridgehead atoms. The van der Waals surface area contributed by atoms with Gasteiger partial charge < -0.3 is 14.8 Å². The molecule has 0 saturated carbocycles. The van der Waals surface area contributed by atoms with E-state index in [0.717, 1.165) is 49.0 Å². The van der Waals surface area contributed by atoms with E-state index in [9.17, 15) is 4.79 Å². The molecule has 122 valence electrons. The Labute approximate surface area is 135 Å². The zero-order valence-electron chi connectivity index (χ0n) is 13.8. The van der Waals surface area contributed by atoms with Gasteiger partial charge in [0.2, 0.25) is 0 Å². The highest BCUT2D eigenvalue weighted by Crippen LogP contribution is 2.48. The van der Waals surface area contributed by atoms with Gasteiger partial charge in [-0.1, -0.05) is 0 Å². The van der Waals surface area contributed by atoms with Gasteiger partial charge in [0.25, 0.3) is 5.91 Å². The zero-order valence-corrected chi connectivity index (χ0v) is 13.8. The maximum atomic E-state index is 12.6. The third-order valence-electron chi connectivity index (χ3n) is 5.23. The van der Waals surface area contributed by atoms with Crippen LogP contribution in [0.2, 0.25) is 0 Å². The lowest BCUT2D eigenvalue weighted by molar-refractivity contribution is 0.00297. The van der Waals surface area contributed by atoms with Crippen molar-refractivity contribution in [3.63, 3.8) is 0 Å². The summed E-state index contributed by atoms with van der Waals surface area (Å²) in [6.07, 6.45) is 3.66. The molecule has 0 aliphatic carbocycles. The van der Waals surface area contributed by atoms with Gasteiger partial charge in [0.15, 0.2) is 5.82 Å². The van der Waals surface area contributed by atoms with E-state index in [2.05, 4.69) is 32.1 Å². The Balaban J connectivity index is 1.54. The van der Waals surface area contributed by atoms with E-state index in [1.807, 2.05) is 24.9 Å². The van der Waals surface area contributed by atoms with Crippen LogP contribution in [0.3, 0.4) is 0 Å². The summed E-state index contributed by atoms with van der Waals surface area (Å²) < 4.78 is 0. The molecule has 2 aromatic heterocycles. The highest BCUT2D eigenvalue weighted by atomic mass is 16.2. The van der Waals surface area contributed by atoms with Crippen LogP contribution in [-0.4, -0.2) is 69.1 Å². The van der Waals surface area contributed by atoms with Crippen molar-refractivity contribution in [3.05, 3.63) is 35.2 Å². The molecule has 2 fully saturated rings. The number of hydrogen-bond acceptors (Lipinski definition) is 4. The lowest BCUT2D eigenvalue weighted by atomic mass is 9.71. The molecule has 2 saturated heterocycles. The number of likely N-dealkylation sites (N-methyl/N-ethyl adjacent to an activating group) is 1. The number of aryl methyl sites for hydroxylation is 2. The molecule has 1 atom stereocenters. The summed E-state index contributed by atoms with van der Waals surface area (Å²) in [5.74, 6) is 2.14. The van der Waals surface area contributed by atoms with E-state index in [4.69, 9.17) is 0 Å². The summed E-state index contributed by atoms with van der Waals surface area (Å²) in [6, 6.07) is 0. The topological polar surface area (TPSA) is 80.9 Å². The highest BCUT2D eigenvalue weighted by Gasteiger charge is 2.56. The average molecular weight is 314 g/mol. The number of likely N-dealkylation sites (tertiary alicyclic amines) is 2. The average Bonchev–Trinajstić information content (AvgIpc) is 3.15. The smallest absolute Gasteiger partial charge is 0.255 e. The predicted molar refractivity (Wildman–Crippen MR) is 85.2 cm³/mol. The van der Waals surface area contributed by atoms with Crippen LogP contribution >= 0.6 is 0 Å². The first-order chi connectivity index (χ1) is 11.0. The molecule has 0 radical (unpaired) electrons. The first-order valence-electron chi connectivity index (χ1n) is 7.99. The van der Waals surface area contributed by atoms with Gasteiger partial charge in [-0.25, -0.2) is 4.98 Å². The van der Waals surface area contributed by atoms with Gasteiger partial charge in [-0.15, -0.1) is 0 Å². The lowest BCUT2D eigenvalue weighted by Gasteiger charge is -2.50. The van der Waals surface area contributed by atoms with Crippen molar-refractivity contribution in [2.45, 2.75) is 19.8 Å². The van der Waals surface area contributed by atoms with E-state index in [0.29, 0.717) is 0 Å². The van der Waals surface area contributed by atoms with Gasteiger partial charge in [-0.3, -0.25) is 9.89 Å². The molecule has 2 aliphatic heterocycles. The van der Waals surface area contributed by atoms with Crippen LogP contribution in [0.25, 0.3) is 0 Å². The molecular weight excluding hydrogens is 292 g/mol. The van der Waals surface area contributed by atoms with Gasteiger partial charge in [-0.05, 0) is 26.5 Å². The fourth-order valence-electron chi connectivity index (χ4n) is 4.11. The number of nitrogens with one attached hydrogen (secondary N) is 2. The molecule has 1 spiro atoms. The Morgan fingerprint density at radius 1 is 1.30 bits per heavy atom. The molecule has 7 heteroatoms. The fourth-order valence-corrected chi connectivity index (χ4v) is 4.11. The van der Waals surface area contributed by atoms with Crippen molar-refractivity contribution in [2.75, 3.05) is 33.2 Å². The summed E-state index contributed by atoms with van der Waals surface area (Å²) in [6.45, 7) is 7.37. The van der Waals surface area contributed by atoms with Crippen LogP contribution in [-0.2, 0) is 0 Å². The van der Waals surface area contributed by atoms with E-state index in [1.165, 1.54) is 0 Å². The molecule has 23 heavy (non-hydrogen) atoms. The quantitative estimate of drug-likeness (QED) is 0.864. The number of amides is 1. The fraction of sp³-hybridized carbons (Fsp3) is 0.562. The van der Waals surface area contributed by atoms with Crippen LogP contribution in [0.4, 0.5) is 0 Å². The molecule has 2 aliphatic rings. The molecule has 1 unspecified atom stereocenters. The summed E-state index contributed by atoms with van der Waals surface area (Å²) in [5.41, 5.74) is 1.86. The number of carbonyl (C=O) groups excluding carboxylic acids is 1. The van der Waals surface area contributed by atoms with Gasteiger partial charge in [0.05, 0.1) is 5.56 Å². The molecule has 7 nitrogen and oxygen atoms in total. The Hall–Kier alpha value is -2.15. The maximum absolute atomic E-state index is 12.6. The number of H-pyrrole nitrogens is 2. The normalized spacial score (nSPS) is 23.4. The minimum Gasteiger partial charge on any atom is -0.367 e. The number of aromatic nitrogens is 4. The number of carbonyl (C=O) groups is 1. The molecule has 1 amide bonds. The first-order valence-corrected chi connectivity index (χ1v) is 7.99. The van der Waals surface area contributed by atoms with Crippen molar-refractivity contribution in [1.82, 2.24) is 30.0 Å². The third-order valence-corrected chi connectivity index (χ3v) is 5.23. The number of hydrogen-bond donors (Lipinski definition) is 2. The molecule has 2 N–H and O–H groups in total. The van der Waals surface area contributed by atoms with Crippen molar-refractivity contribution >= 4 is 5.91 Å². The predicted octanol–water partition coefficient (Wildman–Crippen LogP) is 0.921. The summed E-state index contributed by atoms with van der Waals surface area (Å²) in [4.78, 5) is 24.4. The van der Waals surface area contributed by atoms with Crippen LogP contribution in [0, 0.1) is 19.3 Å². The molecule has 0 aromatic carbocycles. The van der Waals surface area contributed by atoms with Crippen LogP contribution in [0.15, 0.2) is 12.4 Å². The van der Waals surface area contributed by atoms with Crippen molar-refractivity contribution in [1.29, 1.82) is 0 Å². The lowest BCUT2D eigenvalue weighted by Crippen LogP contribution is -2.61. The zero-order chi connectivity index (χ0) is 16.2. The Bertz CT molecular complexity index is 741. The number of aromatic amines is 2. The van der Waals surface area contributed by atoms with E-state index in [1.54, 1.807) is 6.20 Å². The van der Waals surface area contributed by atoms with Gasteiger partial charge in [0.1, 0.15) is 5.82 Å². The second kappa shape index (κ2) is 4.92. The summed E-state index contributed by atoms with van der Waals surface area (Å²) in [5, 5.41) is 7.32. The van der Waals surface area contributed by atoms with Crippen molar-refractivity contribution < 1.29 is 4.79 Å². The van der Waals surface area contributed by atoms with Crippen LogP contribution in [0.5, 0.6) is 0 Å². The van der Waals surface area contributed by atoms with Gasteiger partial charge >= 0.3 is 0 Å². The van der Waals surface area contributed by atoms with Crippen LogP contribution < -0.4 is 0 Å². The standard InChI is InChI=1S/C16H22N6O/c1-10-4-17-5-12(10)15(23)22-8-16(9-22)7-21(3)6-13(16)14-18-11(2)19-20-14/h4-5,13,17H,6-9H2,1-3H3,(H,18,19,20).